The van der Waals surface area contributed by atoms with Crippen molar-refractivity contribution in [3.63, 3.8) is 0 Å². The van der Waals surface area contributed by atoms with Crippen LogP contribution in [0.5, 0.6) is 17.2 Å². The van der Waals surface area contributed by atoms with E-state index < -0.39 is 0 Å². The van der Waals surface area contributed by atoms with Crippen molar-refractivity contribution < 1.29 is 19.0 Å². The van der Waals surface area contributed by atoms with Crippen LogP contribution < -0.4 is 24.8 Å². The number of anilines is 1. The molecular formula is C27H36N4O4S. The maximum absolute atomic E-state index is 12.8. The molecule has 2 aliphatic rings. The lowest BCUT2D eigenvalue weighted by Gasteiger charge is -2.39. The predicted molar refractivity (Wildman–Crippen MR) is 145 cm³/mol. The molecule has 0 radical (unpaired) electrons. The van der Waals surface area contributed by atoms with E-state index in [-0.39, 0.29) is 11.4 Å². The number of piperidine rings is 1. The summed E-state index contributed by atoms with van der Waals surface area (Å²) < 4.78 is 16.1. The number of para-hydroxylation sites is 2. The van der Waals surface area contributed by atoms with Gasteiger partial charge in [0.25, 0.3) is 0 Å². The van der Waals surface area contributed by atoms with Crippen molar-refractivity contribution in [3.05, 3.63) is 48.0 Å². The van der Waals surface area contributed by atoms with E-state index in [1.165, 1.54) is 5.56 Å². The Morgan fingerprint density at radius 1 is 0.917 bits per heavy atom. The van der Waals surface area contributed by atoms with E-state index in [0.717, 1.165) is 75.0 Å². The fourth-order valence-electron chi connectivity index (χ4n) is 5.10. The van der Waals surface area contributed by atoms with Crippen LogP contribution in [0.4, 0.5) is 10.5 Å². The number of urea groups is 1. The summed E-state index contributed by atoms with van der Waals surface area (Å²) in [5.41, 5.74) is 2.08. The SMILES string of the molecule is COc1ccccc1NC(=O)N1CCC2(CC1)CCN(C(=S)NCCc1ccc(OC)c(OC)c1)C2. The molecule has 2 fully saturated rings. The zero-order valence-corrected chi connectivity index (χ0v) is 22.2. The lowest BCUT2D eigenvalue weighted by molar-refractivity contribution is 0.132. The number of ether oxygens (including phenoxy) is 3. The molecule has 0 aliphatic carbocycles. The topological polar surface area (TPSA) is 75.3 Å². The molecule has 9 heteroatoms. The first kappa shape index (κ1) is 25.9. The van der Waals surface area contributed by atoms with E-state index in [1.54, 1.807) is 21.3 Å². The first-order chi connectivity index (χ1) is 17.5. The Morgan fingerprint density at radius 3 is 2.28 bits per heavy atom. The Balaban J connectivity index is 1.22. The number of nitrogens with zero attached hydrogens (tertiary/aromatic N) is 2. The maximum atomic E-state index is 12.8. The van der Waals surface area contributed by atoms with Crippen molar-refractivity contribution in [1.82, 2.24) is 15.1 Å². The van der Waals surface area contributed by atoms with Gasteiger partial charge < -0.3 is 34.6 Å². The van der Waals surface area contributed by atoms with Crippen LogP contribution in [0.3, 0.4) is 0 Å². The third kappa shape index (κ3) is 5.95. The van der Waals surface area contributed by atoms with E-state index in [2.05, 4.69) is 21.6 Å². The molecule has 2 saturated heterocycles. The number of hydrogen-bond donors (Lipinski definition) is 2. The Morgan fingerprint density at radius 2 is 1.58 bits per heavy atom. The van der Waals surface area contributed by atoms with Crippen LogP contribution in [0, 0.1) is 5.41 Å². The largest absolute Gasteiger partial charge is 0.495 e. The number of benzene rings is 2. The molecule has 0 atom stereocenters. The van der Waals surface area contributed by atoms with Crippen molar-refractivity contribution in [2.45, 2.75) is 25.7 Å². The lowest BCUT2D eigenvalue weighted by atomic mass is 9.78. The van der Waals surface area contributed by atoms with Crippen LogP contribution in [-0.2, 0) is 6.42 Å². The third-order valence-corrected chi connectivity index (χ3v) is 7.73. The second-order valence-electron chi connectivity index (χ2n) is 9.46. The fourth-order valence-corrected chi connectivity index (χ4v) is 5.36. The number of carbonyl (C=O) groups excluding carboxylic acids is 1. The van der Waals surface area contributed by atoms with Gasteiger partial charge in [0.05, 0.1) is 27.0 Å². The quantitative estimate of drug-likeness (QED) is 0.540. The summed E-state index contributed by atoms with van der Waals surface area (Å²) in [6.45, 7) is 4.14. The highest BCUT2D eigenvalue weighted by atomic mass is 32.1. The predicted octanol–water partition coefficient (Wildman–Crippen LogP) is 4.15. The highest BCUT2D eigenvalue weighted by Gasteiger charge is 2.42. The second kappa shape index (κ2) is 11.7. The Bertz CT molecular complexity index is 1070. The van der Waals surface area contributed by atoms with Gasteiger partial charge in [0.1, 0.15) is 5.75 Å². The monoisotopic (exact) mass is 512 g/mol. The number of rotatable bonds is 7. The highest BCUT2D eigenvalue weighted by Crippen LogP contribution is 2.40. The van der Waals surface area contributed by atoms with Crippen LogP contribution in [0.25, 0.3) is 0 Å². The summed E-state index contributed by atoms with van der Waals surface area (Å²) in [5.74, 6) is 2.13. The second-order valence-corrected chi connectivity index (χ2v) is 9.85. The van der Waals surface area contributed by atoms with Gasteiger partial charge in [0.15, 0.2) is 16.6 Å². The summed E-state index contributed by atoms with van der Waals surface area (Å²) >= 11 is 5.72. The summed E-state index contributed by atoms with van der Waals surface area (Å²) in [5, 5.41) is 7.23. The number of likely N-dealkylation sites (tertiary alicyclic amines) is 2. The Labute approximate surface area is 218 Å². The van der Waals surface area contributed by atoms with Gasteiger partial charge in [-0.3, -0.25) is 0 Å². The molecule has 2 amide bonds. The number of methoxy groups -OCH3 is 3. The standard InChI is InChI=1S/C27H36N4O4S/c1-33-22-7-5-4-6-21(22)29-25(32)30-15-11-27(12-16-30)13-17-31(19-27)26(36)28-14-10-20-8-9-23(34-2)24(18-20)35-3/h4-9,18H,10-17,19H2,1-3H3,(H,28,36)(H,29,32). The van der Waals surface area contributed by atoms with Gasteiger partial charge in [0.2, 0.25) is 0 Å². The molecule has 2 aromatic carbocycles. The normalized spacial score (nSPS) is 16.5. The molecule has 2 aliphatic heterocycles. The van der Waals surface area contributed by atoms with Gasteiger partial charge in [-0.1, -0.05) is 18.2 Å². The van der Waals surface area contributed by atoms with E-state index >= 15 is 0 Å². The number of carbonyl (C=O) groups is 1. The molecule has 4 rings (SSSR count). The molecule has 0 bridgehead atoms. The van der Waals surface area contributed by atoms with Gasteiger partial charge in [-0.15, -0.1) is 0 Å². The number of amides is 2. The van der Waals surface area contributed by atoms with Crippen molar-refractivity contribution in [2.75, 3.05) is 59.4 Å². The average molecular weight is 513 g/mol. The molecule has 8 nitrogen and oxygen atoms in total. The van der Waals surface area contributed by atoms with Crippen LogP contribution >= 0.6 is 12.2 Å². The average Bonchev–Trinajstić information content (AvgIpc) is 3.32. The van der Waals surface area contributed by atoms with Crippen molar-refractivity contribution >= 4 is 29.0 Å². The third-order valence-electron chi connectivity index (χ3n) is 7.32. The Hall–Kier alpha value is -3.20. The summed E-state index contributed by atoms with van der Waals surface area (Å²) in [7, 11) is 4.90. The maximum Gasteiger partial charge on any atom is 0.321 e. The molecule has 0 unspecified atom stereocenters. The molecule has 194 valence electrons. The van der Waals surface area contributed by atoms with Gasteiger partial charge in [0, 0.05) is 32.7 Å². The van der Waals surface area contributed by atoms with Crippen molar-refractivity contribution in [2.24, 2.45) is 5.41 Å². The van der Waals surface area contributed by atoms with Gasteiger partial charge in [-0.25, -0.2) is 4.79 Å². The summed E-state index contributed by atoms with van der Waals surface area (Å²) in [6.07, 6.45) is 3.91. The minimum absolute atomic E-state index is 0.0726. The zero-order valence-electron chi connectivity index (χ0n) is 21.3. The van der Waals surface area contributed by atoms with E-state index in [0.29, 0.717) is 11.4 Å². The van der Waals surface area contributed by atoms with Crippen LogP contribution in [0.15, 0.2) is 42.5 Å². The van der Waals surface area contributed by atoms with Gasteiger partial charge >= 0.3 is 6.03 Å². The lowest BCUT2D eigenvalue weighted by Crippen LogP contribution is -2.47. The molecule has 2 heterocycles. The molecule has 2 aromatic rings. The first-order valence-electron chi connectivity index (χ1n) is 12.4. The van der Waals surface area contributed by atoms with Crippen molar-refractivity contribution in [1.29, 1.82) is 0 Å². The first-order valence-corrected chi connectivity index (χ1v) is 12.8. The molecule has 0 saturated carbocycles. The van der Waals surface area contributed by atoms with Crippen LogP contribution in [0.1, 0.15) is 24.8 Å². The minimum atomic E-state index is -0.0726. The number of nitrogens with one attached hydrogen (secondary N) is 2. The van der Waals surface area contributed by atoms with E-state index in [4.69, 9.17) is 26.4 Å². The molecule has 0 aromatic heterocycles. The molecule has 36 heavy (non-hydrogen) atoms. The number of hydrogen-bond acceptors (Lipinski definition) is 5. The minimum Gasteiger partial charge on any atom is -0.495 e. The van der Waals surface area contributed by atoms with Crippen molar-refractivity contribution in [3.8, 4) is 17.2 Å². The van der Waals surface area contributed by atoms with E-state index in [9.17, 15) is 4.79 Å². The summed E-state index contributed by atoms with van der Waals surface area (Å²) in [4.78, 5) is 17.0. The highest BCUT2D eigenvalue weighted by molar-refractivity contribution is 7.80. The van der Waals surface area contributed by atoms with Gasteiger partial charge in [-0.05, 0) is 73.1 Å². The fraction of sp³-hybridized carbons (Fsp3) is 0.481. The molecule has 2 N–H and O–H groups in total. The summed E-state index contributed by atoms with van der Waals surface area (Å²) in [6, 6.07) is 13.4. The Kier molecular flexibility index (Phi) is 8.40. The van der Waals surface area contributed by atoms with Crippen LogP contribution in [-0.4, -0.2) is 75.0 Å². The molecule has 1 spiro atoms. The van der Waals surface area contributed by atoms with Crippen LogP contribution in [0.2, 0.25) is 0 Å². The van der Waals surface area contributed by atoms with E-state index in [1.807, 2.05) is 41.3 Å². The smallest absolute Gasteiger partial charge is 0.321 e. The van der Waals surface area contributed by atoms with Gasteiger partial charge in [-0.2, -0.15) is 0 Å². The molecular weight excluding hydrogens is 476 g/mol. The zero-order chi connectivity index (χ0) is 25.5. The number of thiocarbonyl (C=S) groups is 1.